The minimum absolute atomic E-state index is 0.0498. The van der Waals surface area contributed by atoms with E-state index in [4.69, 9.17) is 6.42 Å². The van der Waals surface area contributed by atoms with Crippen molar-refractivity contribution in [1.29, 1.82) is 0 Å². The Kier molecular flexibility index (Phi) is 5.67. The maximum absolute atomic E-state index is 11.2. The number of aromatic nitrogens is 1. The highest BCUT2D eigenvalue weighted by Crippen LogP contribution is 1.92. The van der Waals surface area contributed by atoms with Crippen LogP contribution in [0.1, 0.15) is 5.69 Å². The van der Waals surface area contributed by atoms with Crippen LogP contribution in [0.5, 0.6) is 0 Å². The van der Waals surface area contributed by atoms with Crippen molar-refractivity contribution in [2.24, 2.45) is 0 Å². The topological polar surface area (TPSA) is 54.0 Å². The van der Waals surface area contributed by atoms with Crippen molar-refractivity contribution in [2.75, 3.05) is 19.6 Å². The van der Waals surface area contributed by atoms with Crippen LogP contribution in [0.25, 0.3) is 0 Å². The molecule has 1 aromatic heterocycles. The van der Waals surface area contributed by atoms with Gasteiger partial charge in [-0.1, -0.05) is 12.0 Å². The maximum atomic E-state index is 11.2. The van der Waals surface area contributed by atoms with Gasteiger partial charge in [-0.25, -0.2) is 0 Å². The number of rotatable bonds is 6. The lowest BCUT2D eigenvalue weighted by molar-refractivity contribution is -0.120. The second-order valence-corrected chi connectivity index (χ2v) is 3.23. The molecule has 0 spiro atoms. The highest BCUT2D eigenvalue weighted by molar-refractivity contribution is 5.77. The fourth-order valence-corrected chi connectivity index (χ4v) is 1.19. The summed E-state index contributed by atoms with van der Waals surface area (Å²) in [6, 6.07) is 5.73. The van der Waals surface area contributed by atoms with E-state index < -0.39 is 0 Å². The normalized spacial score (nSPS) is 9.44. The summed E-state index contributed by atoms with van der Waals surface area (Å²) in [5.74, 6) is 2.35. The number of hydrogen-bond donors (Lipinski definition) is 2. The molecule has 84 valence electrons. The molecule has 0 saturated carbocycles. The summed E-state index contributed by atoms with van der Waals surface area (Å²) < 4.78 is 0. The van der Waals surface area contributed by atoms with Crippen molar-refractivity contribution < 1.29 is 4.79 Å². The smallest absolute Gasteiger partial charge is 0.233 e. The molecule has 1 amide bonds. The Bertz CT molecular complexity index is 356. The predicted octanol–water partition coefficient (Wildman–Crippen LogP) is -0.0369. The van der Waals surface area contributed by atoms with Crippen molar-refractivity contribution in [2.45, 2.75) is 6.42 Å². The van der Waals surface area contributed by atoms with Gasteiger partial charge < -0.3 is 5.32 Å². The van der Waals surface area contributed by atoms with Crippen LogP contribution < -0.4 is 10.6 Å². The number of amides is 1. The molecule has 0 atom stereocenters. The molecular formula is C12H15N3O. The Morgan fingerprint density at radius 2 is 2.38 bits per heavy atom. The molecule has 0 radical (unpaired) electrons. The second kappa shape index (κ2) is 7.43. The van der Waals surface area contributed by atoms with E-state index in [1.165, 1.54) is 0 Å². The van der Waals surface area contributed by atoms with Gasteiger partial charge in [0.1, 0.15) is 0 Å². The summed E-state index contributed by atoms with van der Waals surface area (Å²) in [6.07, 6.45) is 7.52. The van der Waals surface area contributed by atoms with Crippen LogP contribution in [0.4, 0.5) is 0 Å². The van der Waals surface area contributed by atoms with Crippen molar-refractivity contribution in [3.63, 3.8) is 0 Å². The van der Waals surface area contributed by atoms with Crippen LogP contribution in [0, 0.1) is 12.3 Å². The predicted molar refractivity (Wildman–Crippen MR) is 62.7 cm³/mol. The highest BCUT2D eigenvalue weighted by Gasteiger charge is 1.99. The zero-order valence-corrected chi connectivity index (χ0v) is 9.07. The Balaban J connectivity index is 2.12. The summed E-state index contributed by atoms with van der Waals surface area (Å²) in [4.78, 5) is 15.4. The molecule has 0 saturated heterocycles. The van der Waals surface area contributed by atoms with Crippen molar-refractivity contribution in [1.82, 2.24) is 15.6 Å². The van der Waals surface area contributed by atoms with E-state index in [1.807, 2.05) is 18.2 Å². The number of nitrogens with zero attached hydrogens (tertiary/aromatic N) is 1. The van der Waals surface area contributed by atoms with E-state index in [2.05, 4.69) is 21.5 Å². The molecule has 0 unspecified atom stereocenters. The lowest BCUT2D eigenvalue weighted by Gasteiger charge is -2.04. The van der Waals surface area contributed by atoms with Gasteiger partial charge in [-0.15, -0.1) is 6.42 Å². The SMILES string of the molecule is C#CCNCC(=O)NCCc1ccccn1. The first-order valence-corrected chi connectivity index (χ1v) is 5.13. The Morgan fingerprint density at radius 1 is 1.50 bits per heavy atom. The van der Waals surface area contributed by atoms with Gasteiger partial charge in [0, 0.05) is 24.9 Å². The summed E-state index contributed by atoms with van der Waals surface area (Å²) in [6.45, 7) is 1.26. The lowest BCUT2D eigenvalue weighted by Crippen LogP contribution is -2.35. The molecule has 0 bridgehead atoms. The molecule has 0 aliphatic rings. The summed E-state index contributed by atoms with van der Waals surface area (Å²) >= 11 is 0. The third-order valence-electron chi connectivity index (χ3n) is 1.94. The molecule has 4 heteroatoms. The van der Waals surface area contributed by atoms with Gasteiger partial charge in [0.25, 0.3) is 0 Å². The fourth-order valence-electron chi connectivity index (χ4n) is 1.19. The van der Waals surface area contributed by atoms with E-state index in [1.54, 1.807) is 6.20 Å². The standard InChI is InChI=1S/C12H15N3O/c1-2-7-13-10-12(16)15-9-6-11-5-3-4-8-14-11/h1,3-5,8,13H,6-7,9-10H2,(H,15,16). The molecule has 16 heavy (non-hydrogen) atoms. The number of pyridine rings is 1. The monoisotopic (exact) mass is 217 g/mol. The minimum Gasteiger partial charge on any atom is -0.355 e. The molecule has 0 aliphatic carbocycles. The van der Waals surface area contributed by atoms with Gasteiger partial charge in [0.15, 0.2) is 0 Å². The lowest BCUT2D eigenvalue weighted by atomic mass is 10.3. The third kappa shape index (κ3) is 5.13. The first-order valence-electron chi connectivity index (χ1n) is 5.13. The van der Waals surface area contributed by atoms with Gasteiger partial charge in [0.2, 0.25) is 5.91 Å². The van der Waals surface area contributed by atoms with Gasteiger partial charge in [-0.2, -0.15) is 0 Å². The number of carbonyl (C=O) groups excluding carboxylic acids is 1. The molecule has 4 nitrogen and oxygen atoms in total. The third-order valence-corrected chi connectivity index (χ3v) is 1.94. The van der Waals surface area contributed by atoms with Gasteiger partial charge in [-0.3, -0.25) is 15.1 Å². The molecule has 0 fully saturated rings. The van der Waals surface area contributed by atoms with Gasteiger partial charge in [-0.05, 0) is 12.1 Å². The van der Waals surface area contributed by atoms with Crippen LogP contribution in [-0.2, 0) is 11.2 Å². The Morgan fingerprint density at radius 3 is 3.06 bits per heavy atom. The van der Waals surface area contributed by atoms with Crippen molar-refractivity contribution in [3.05, 3.63) is 30.1 Å². The molecule has 1 rings (SSSR count). The van der Waals surface area contributed by atoms with Crippen molar-refractivity contribution in [3.8, 4) is 12.3 Å². The molecule has 0 aliphatic heterocycles. The van der Waals surface area contributed by atoms with Crippen LogP contribution in [0.15, 0.2) is 24.4 Å². The average Bonchev–Trinajstić information content (AvgIpc) is 2.31. The Hall–Kier alpha value is -1.86. The minimum atomic E-state index is -0.0498. The summed E-state index contributed by atoms with van der Waals surface area (Å²) in [7, 11) is 0. The number of nitrogens with one attached hydrogen (secondary N) is 2. The van der Waals surface area contributed by atoms with E-state index in [9.17, 15) is 4.79 Å². The van der Waals surface area contributed by atoms with Crippen molar-refractivity contribution >= 4 is 5.91 Å². The zero-order chi connectivity index (χ0) is 11.6. The summed E-state index contributed by atoms with van der Waals surface area (Å²) in [5, 5.41) is 5.60. The number of hydrogen-bond acceptors (Lipinski definition) is 3. The van der Waals surface area contributed by atoms with E-state index in [0.717, 1.165) is 12.1 Å². The van der Waals surface area contributed by atoms with E-state index in [0.29, 0.717) is 13.1 Å². The van der Waals surface area contributed by atoms with Gasteiger partial charge in [0.05, 0.1) is 13.1 Å². The first-order chi connectivity index (χ1) is 7.83. The second-order valence-electron chi connectivity index (χ2n) is 3.23. The molecule has 1 aromatic rings. The maximum Gasteiger partial charge on any atom is 0.233 e. The number of terminal acetylenes is 1. The fraction of sp³-hybridized carbons (Fsp3) is 0.333. The molecule has 2 N–H and O–H groups in total. The molecule has 0 aromatic carbocycles. The quantitative estimate of drug-likeness (QED) is 0.519. The summed E-state index contributed by atoms with van der Waals surface area (Å²) in [5.41, 5.74) is 0.972. The van der Waals surface area contributed by atoms with Gasteiger partial charge >= 0.3 is 0 Å². The van der Waals surface area contributed by atoms with Crippen LogP contribution in [0.3, 0.4) is 0 Å². The van der Waals surface area contributed by atoms with Crippen LogP contribution >= 0.6 is 0 Å². The van der Waals surface area contributed by atoms with E-state index >= 15 is 0 Å². The number of carbonyl (C=O) groups is 1. The highest BCUT2D eigenvalue weighted by atomic mass is 16.1. The Labute approximate surface area is 95.5 Å². The van der Waals surface area contributed by atoms with Crippen LogP contribution in [0.2, 0.25) is 0 Å². The van der Waals surface area contributed by atoms with Crippen LogP contribution in [-0.4, -0.2) is 30.5 Å². The molecule has 1 heterocycles. The average molecular weight is 217 g/mol. The largest absolute Gasteiger partial charge is 0.355 e. The first kappa shape index (κ1) is 12.2. The molecular weight excluding hydrogens is 202 g/mol. The van der Waals surface area contributed by atoms with E-state index in [-0.39, 0.29) is 12.5 Å². The zero-order valence-electron chi connectivity index (χ0n) is 9.07.